The van der Waals surface area contributed by atoms with Crippen LogP contribution in [0.15, 0.2) is 41.6 Å². The highest BCUT2D eigenvalue weighted by molar-refractivity contribution is 5.37. The molecule has 0 aliphatic heterocycles. The number of benzene rings is 1. The van der Waals surface area contributed by atoms with Crippen LogP contribution in [-0.2, 0) is 6.54 Å². The number of rotatable bonds is 2. The highest BCUT2D eigenvalue weighted by Gasteiger charge is 2.04. The lowest BCUT2D eigenvalue weighted by molar-refractivity contribution is 0.350. The van der Waals surface area contributed by atoms with Crippen molar-refractivity contribution in [3.63, 3.8) is 0 Å². The Morgan fingerprint density at radius 3 is 2.89 bits per heavy atom. The monoisotopic (exact) mass is 258 g/mol. The van der Waals surface area contributed by atoms with E-state index in [0.717, 1.165) is 0 Å². The topological polar surface area (TPSA) is 55.1 Å². The molecule has 5 heteroatoms. The molecule has 4 nitrogen and oxygen atoms in total. The smallest absolute Gasteiger partial charge is 0.253 e. The fraction of sp³-hybridized carbons (Fsp3) is 0.143. The highest BCUT2D eigenvalue weighted by Crippen LogP contribution is 2.10. The SMILES string of the molecule is O=c1ccncn1Cc1ccc(C#CCO)cc1F. The van der Waals surface area contributed by atoms with Gasteiger partial charge in [0.2, 0.25) is 0 Å². The van der Waals surface area contributed by atoms with Crippen molar-refractivity contribution in [3.8, 4) is 11.8 Å². The first-order valence-electron chi connectivity index (χ1n) is 5.59. The molecule has 0 saturated carbocycles. The molecule has 0 unspecified atom stereocenters. The van der Waals surface area contributed by atoms with Gasteiger partial charge in [0, 0.05) is 23.4 Å². The number of halogens is 1. The molecule has 2 aromatic rings. The van der Waals surface area contributed by atoms with Crippen LogP contribution in [0.5, 0.6) is 0 Å². The first-order chi connectivity index (χ1) is 9.20. The van der Waals surface area contributed by atoms with E-state index in [1.807, 2.05) is 0 Å². The molecule has 1 aromatic carbocycles. The molecule has 0 fully saturated rings. The number of nitrogens with zero attached hydrogens (tertiary/aromatic N) is 2. The molecule has 96 valence electrons. The number of hydrogen-bond acceptors (Lipinski definition) is 3. The van der Waals surface area contributed by atoms with Gasteiger partial charge in [-0.1, -0.05) is 17.9 Å². The summed E-state index contributed by atoms with van der Waals surface area (Å²) in [5.74, 6) is 4.62. The van der Waals surface area contributed by atoms with E-state index in [1.54, 1.807) is 12.1 Å². The molecule has 1 N–H and O–H groups in total. The van der Waals surface area contributed by atoms with E-state index in [1.165, 1.54) is 29.2 Å². The van der Waals surface area contributed by atoms with Gasteiger partial charge in [-0.15, -0.1) is 0 Å². The van der Waals surface area contributed by atoms with E-state index >= 15 is 0 Å². The van der Waals surface area contributed by atoms with Crippen LogP contribution in [0.2, 0.25) is 0 Å². The summed E-state index contributed by atoms with van der Waals surface area (Å²) in [5.41, 5.74) is 0.622. The van der Waals surface area contributed by atoms with Crippen LogP contribution in [0.25, 0.3) is 0 Å². The summed E-state index contributed by atoms with van der Waals surface area (Å²) in [6, 6.07) is 5.80. The number of aliphatic hydroxyl groups is 1. The third kappa shape index (κ3) is 3.27. The van der Waals surface area contributed by atoms with Gasteiger partial charge in [0.25, 0.3) is 5.56 Å². The molecule has 1 heterocycles. The zero-order chi connectivity index (χ0) is 13.7. The Kier molecular flexibility index (Phi) is 4.06. The largest absolute Gasteiger partial charge is 0.384 e. The maximum atomic E-state index is 13.8. The van der Waals surface area contributed by atoms with Crippen LogP contribution < -0.4 is 5.56 Å². The zero-order valence-corrected chi connectivity index (χ0v) is 10.0. The summed E-state index contributed by atoms with van der Waals surface area (Å²) in [5, 5.41) is 8.56. The second kappa shape index (κ2) is 5.94. The third-order valence-electron chi connectivity index (χ3n) is 2.50. The Hall–Kier alpha value is -2.45. The average Bonchev–Trinajstić information content (AvgIpc) is 2.41. The van der Waals surface area contributed by atoms with E-state index in [9.17, 15) is 9.18 Å². The van der Waals surface area contributed by atoms with Crippen LogP contribution in [0.4, 0.5) is 4.39 Å². The first-order valence-corrected chi connectivity index (χ1v) is 5.59. The lowest BCUT2D eigenvalue weighted by Gasteiger charge is -2.06. The Labute approximate surface area is 109 Å². The van der Waals surface area contributed by atoms with Gasteiger partial charge in [-0.2, -0.15) is 0 Å². The molecule has 0 spiro atoms. The van der Waals surface area contributed by atoms with Gasteiger partial charge in [0.15, 0.2) is 0 Å². The molecule has 0 bridgehead atoms. The van der Waals surface area contributed by atoms with Crippen LogP contribution >= 0.6 is 0 Å². The molecule has 0 aliphatic rings. The minimum atomic E-state index is -0.444. The fourth-order valence-electron chi connectivity index (χ4n) is 1.58. The summed E-state index contributed by atoms with van der Waals surface area (Å²) in [6.07, 6.45) is 2.75. The minimum absolute atomic E-state index is 0.117. The predicted molar refractivity (Wildman–Crippen MR) is 68.0 cm³/mol. The van der Waals surface area contributed by atoms with Crippen LogP contribution in [-0.4, -0.2) is 21.3 Å². The van der Waals surface area contributed by atoms with Crippen molar-refractivity contribution in [1.82, 2.24) is 9.55 Å². The molecule has 19 heavy (non-hydrogen) atoms. The molecular formula is C14H11FN2O2. The Morgan fingerprint density at radius 1 is 1.37 bits per heavy atom. The van der Waals surface area contributed by atoms with E-state index in [2.05, 4.69) is 16.8 Å². The van der Waals surface area contributed by atoms with Gasteiger partial charge in [0.1, 0.15) is 12.4 Å². The normalized spacial score (nSPS) is 9.79. The summed E-state index contributed by atoms with van der Waals surface area (Å²) < 4.78 is 15.1. The standard InChI is InChI=1S/C14H11FN2O2/c15-13-8-11(2-1-7-18)3-4-12(13)9-17-10-16-6-5-14(17)19/h3-6,8,10,18H,7,9H2. The van der Waals surface area contributed by atoms with Crippen molar-refractivity contribution in [2.24, 2.45) is 0 Å². The molecule has 0 saturated heterocycles. The highest BCUT2D eigenvalue weighted by atomic mass is 19.1. The summed E-state index contributed by atoms with van der Waals surface area (Å²) in [6.45, 7) is -0.152. The number of aromatic nitrogens is 2. The minimum Gasteiger partial charge on any atom is -0.384 e. The van der Waals surface area contributed by atoms with Gasteiger partial charge in [-0.3, -0.25) is 9.36 Å². The van der Waals surface area contributed by atoms with Gasteiger partial charge in [0.05, 0.1) is 12.9 Å². The van der Waals surface area contributed by atoms with E-state index in [-0.39, 0.29) is 18.7 Å². The summed E-state index contributed by atoms with van der Waals surface area (Å²) >= 11 is 0. The summed E-state index contributed by atoms with van der Waals surface area (Å²) in [4.78, 5) is 15.3. The molecular weight excluding hydrogens is 247 g/mol. The zero-order valence-electron chi connectivity index (χ0n) is 10.0. The fourth-order valence-corrected chi connectivity index (χ4v) is 1.58. The summed E-state index contributed by atoms with van der Waals surface area (Å²) in [7, 11) is 0. The van der Waals surface area contributed by atoms with Gasteiger partial charge in [-0.25, -0.2) is 9.37 Å². The molecule has 2 rings (SSSR count). The molecule has 0 atom stereocenters. The van der Waals surface area contributed by atoms with E-state index in [0.29, 0.717) is 11.1 Å². The molecule has 1 aromatic heterocycles. The Bertz CT molecular complexity index is 698. The first kappa shape index (κ1) is 13.0. The van der Waals surface area contributed by atoms with Crippen LogP contribution in [0.3, 0.4) is 0 Å². The predicted octanol–water partition coefficient (Wildman–Crippen LogP) is 0.775. The number of hydrogen-bond donors (Lipinski definition) is 1. The van der Waals surface area contributed by atoms with Crippen LogP contribution in [0.1, 0.15) is 11.1 Å². The quantitative estimate of drug-likeness (QED) is 0.810. The second-order valence-corrected chi connectivity index (χ2v) is 3.81. The van der Waals surface area contributed by atoms with Gasteiger partial charge >= 0.3 is 0 Å². The average molecular weight is 258 g/mol. The maximum absolute atomic E-state index is 13.8. The van der Waals surface area contributed by atoms with Crippen molar-refractivity contribution < 1.29 is 9.50 Å². The number of aliphatic hydroxyl groups excluding tert-OH is 1. The van der Waals surface area contributed by atoms with Crippen molar-refractivity contribution in [2.45, 2.75) is 6.54 Å². The third-order valence-corrected chi connectivity index (χ3v) is 2.50. The van der Waals surface area contributed by atoms with Crippen molar-refractivity contribution in [1.29, 1.82) is 0 Å². The molecule has 0 amide bonds. The Balaban J connectivity index is 2.27. The van der Waals surface area contributed by atoms with Gasteiger partial charge < -0.3 is 5.11 Å². The van der Waals surface area contributed by atoms with Crippen molar-refractivity contribution in [3.05, 3.63) is 64.1 Å². The lowest BCUT2D eigenvalue weighted by atomic mass is 10.1. The molecule has 0 aliphatic carbocycles. The van der Waals surface area contributed by atoms with E-state index < -0.39 is 5.82 Å². The molecule has 0 radical (unpaired) electrons. The van der Waals surface area contributed by atoms with E-state index in [4.69, 9.17) is 5.11 Å². The Morgan fingerprint density at radius 2 is 2.21 bits per heavy atom. The van der Waals surface area contributed by atoms with Crippen molar-refractivity contribution in [2.75, 3.05) is 6.61 Å². The maximum Gasteiger partial charge on any atom is 0.253 e. The lowest BCUT2D eigenvalue weighted by Crippen LogP contribution is -2.19. The van der Waals surface area contributed by atoms with Crippen molar-refractivity contribution >= 4 is 0 Å². The van der Waals surface area contributed by atoms with Gasteiger partial charge in [-0.05, 0) is 12.1 Å². The second-order valence-electron chi connectivity index (χ2n) is 3.81. The van der Waals surface area contributed by atoms with Crippen LogP contribution in [0, 0.1) is 17.7 Å².